The van der Waals surface area contributed by atoms with Gasteiger partial charge < -0.3 is 20.4 Å². The Balaban J connectivity index is 1.50. The van der Waals surface area contributed by atoms with Crippen LogP contribution in [0.3, 0.4) is 0 Å². The largest absolute Gasteiger partial charge is 0.376 e. The predicted molar refractivity (Wildman–Crippen MR) is 104 cm³/mol. The third-order valence-electron chi connectivity index (χ3n) is 4.79. The van der Waals surface area contributed by atoms with Crippen molar-refractivity contribution in [3.63, 3.8) is 0 Å². The van der Waals surface area contributed by atoms with Gasteiger partial charge in [0, 0.05) is 24.1 Å². The molecule has 1 aliphatic heterocycles. The highest BCUT2D eigenvalue weighted by molar-refractivity contribution is 6.09. The molecular weight excluding hydrogens is 361 g/mol. The topological polar surface area (TPSA) is 83.2 Å². The minimum Gasteiger partial charge on any atom is -0.376 e. The van der Waals surface area contributed by atoms with Crippen LogP contribution < -0.4 is 10.6 Å². The molecule has 7 heteroatoms. The number of rotatable bonds is 5. The molecule has 3 aromatic rings. The maximum Gasteiger partial charge on any atom is 0.272 e. The third-order valence-corrected chi connectivity index (χ3v) is 4.79. The molecule has 28 heavy (non-hydrogen) atoms. The van der Waals surface area contributed by atoms with Gasteiger partial charge in [-0.25, -0.2) is 4.39 Å². The number of carbonyl (C=O) groups is 2. The van der Waals surface area contributed by atoms with E-state index in [1.54, 1.807) is 36.4 Å². The second-order valence-corrected chi connectivity index (χ2v) is 6.73. The first kappa shape index (κ1) is 18.2. The first-order valence-electron chi connectivity index (χ1n) is 9.19. The zero-order chi connectivity index (χ0) is 19.5. The van der Waals surface area contributed by atoms with Gasteiger partial charge in [-0.15, -0.1) is 0 Å². The van der Waals surface area contributed by atoms with Crippen LogP contribution in [0.1, 0.15) is 33.7 Å². The number of benzene rings is 2. The van der Waals surface area contributed by atoms with Crippen molar-refractivity contribution >= 4 is 28.4 Å². The number of halogens is 1. The number of aromatic nitrogens is 1. The average Bonchev–Trinajstić information content (AvgIpc) is 3.37. The molecule has 0 spiro atoms. The molecule has 0 saturated carbocycles. The summed E-state index contributed by atoms with van der Waals surface area (Å²) in [5, 5.41) is 5.92. The Labute approximate surface area is 161 Å². The van der Waals surface area contributed by atoms with Crippen LogP contribution in [0.25, 0.3) is 10.9 Å². The van der Waals surface area contributed by atoms with Crippen LogP contribution in [0.2, 0.25) is 0 Å². The fourth-order valence-corrected chi connectivity index (χ4v) is 3.33. The molecule has 1 atom stereocenters. The third kappa shape index (κ3) is 3.75. The van der Waals surface area contributed by atoms with Gasteiger partial charge in [0.1, 0.15) is 11.5 Å². The normalized spacial score (nSPS) is 16.2. The van der Waals surface area contributed by atoms with Gasteiger partial charge in [-0.3, -0.25) is 9.59 Å². The number of hydrogen-bond donors (Lipinski definition) is 3. The van der Waals surface area contributed by atoms with Crippen LogP contribution in [0, 0.1) is 5.82 Å². The minimum absolute atomic E-state index is 0.0342. The van der Waals surface area contributed by atoms with E-state index in [0.717, 1.165) is 19.4 Å². The molecule has 1 saturated heterocycles. The number of anilines is 1. The monoisotopic (exact) mass is 381 g/mol. The number of hydrogen-bond acceptors (Lipinski definition) is 3. The molecule has 0 radical (unpaired) electrons. The number of nitrogens with one attached hydrogen (secondary N) is 3. The van der Waals surface area contributed by atoms with Crippen molar-refractivity contribution in [2.75, 3.05) is 18.5 Å². The van der Waals surface area contributed by atoms with E-state index in [9.17, 15) is 14.0 Å². The van der Waals surface area contributed by atoms with E-state index in [2.05, 4.69) is 15.6 Å². The summed E-state index contributed by atoms with van der Waals surface area (Å²) in [6.07, 6.45) is 1.96. The fourth-order valence-electron chi connectivity index (χ4n) is 3.33. The summed E-state index contributed by atoms with van der Waals surface area (Å²) in [6, 6.07) is 12.8. The van der Waals surface area contributed by atoms with E-state index >= 15 is 0 Å². The van der Waals surface area contributed by atoms with E-state index in [1.165, 1.54) is 12.1 Å². The first-order chi connectivity index (χ1) is 13.6. The van der Waals surface area contributed by atoms with Crippen LogP contribution in [-0.2, 0) is 4.74 Å². The molecule has 0 aliphatic carbocycles. The number of carbonyl (C=O) groups excluding carboxylic acids is 2. The zero-order valence-corrected chi connectivity index (χ0v) is 15.1. The van der Waals surface area contributed by atoms with E-state index in [-0.39, 0.29) is 17.7 Å². The maximum atomic E-state index is 13.9. The number of fused-ring (bicyclic) bond motifs is 1. The van der Waals surface area contributed by atoms with Gasteiger partial charge in [-0.1, -0.05) is 18.2 Å². The van der Waals surface area contributed by atoms with E-state index < -0.39 is 11.7 Å². The number of H-pyrrole nitrogens is 1. The van der Waals surface area contributed by atoms with Crippen molar-refractivity contribution in [3.8, 4) is 0 Å². The van der Waals surface area contributed by atoms with Crippen LogP contribution >= 0.6 is 0 Å². The molecule has 1 unspecified atom stereocenters. The number of amides is 2. The summed E-state index contributed by atoms with van der Waals surface area (Å²) >= 11 is 0. The maximum absolute atomic E-state index is 13.9. The molecule has 2 amide bonds. The van der Waals surface area contributed by atoms with Crippen molar-refractivity contribution in [1.82, 2.24) is 10.3 Å². The number of ether oxygens (including phenoxy) is 1. The average molecular weight is 381 g/mol. The van der Waals surface area contributed by atoms with E-state index in [4.69, 9.17) is 4.74 Å². The summed E-state index contributed by atoms with van der Waals surface area (Å²) in [5.41, 5.74) is 1.50. The first-order valence-corrected chi connectivity index (χ1v) is 9.19. The van der Waals surface area contributed by atoms with E-state index in [1.807, 2.05) is 0 Å². The summed E-state index contributed by atoms with van der Waals surface area (Å²) in [6.45, 7) is 1.15. The lowest BCUT2D eigenvalue weighted by Gasteiger charge is -2.13. The molecule has 2 heterocycles. The molecular formula is C21H20FN3O3. The van der Waals surface area contributed by atoms with Crippen molar-refractivity contribution in [2.45, 2.75) is 18.9 Å². The van der Waals surface area contributed by atoms with Crippen molar-refractivity contribution in [2.24, 2.45) is 0 Å². The lowest BCUT2D eigenvalue weighted by molar-refractivity contribution is 0.0858. The second-order valence-electron chi connectivity index (χ2n) is 6.73. The SMILES string of the molecule is O=C(Nc1ccccc1C(=O)NCC1CCCO1)c1cc2c(F)cccc2[nH]1. The van der Waals surface area contributed by atoms with Crippen molar-refractivity contribution in [3.05, 3.63) is 65.6 Å². The Morgan fingerprint density at radius 3 is 2.79 bits per heavy atom. The van der Waals surface area contributed by atoms with Gasteiger partial charge in [0.25, 0.3) is 11.8 Å². The quantitative estimate of drug-likeness (QED) is 0.633. The van der Waals surface area contributed by atoms with Crippen molar-refractivity contribution < 1.29 is 18.7 Å². The Bertz CT molecular complexity index is 1020. The van der Waals surface area contributed by atoms with Gasteiger partial charge in [0.2, 0.25) is 0 Å². The summed E-state index contributed by atoms with van der Waals surface area (Å²) in [4.78, 5) is 28.1. The Kier molecular flexibility index (Phi) is 5.08. The summed E-state index contributed by atoms with van der Waals surface area (Å²) in [7, 11) is 0. The predicted octanol–water partition coefficient (Wildman–Crippen LogP) is 3.47. The molecule has 144 valence electrons. The van der Waals surface area contributed by atoms with Gasteiger partial charge in [-0.05, 0) is 43.2 Å². The zero-order valence-electron chi connectivity index (χ0n) is 15.1. The van der Waals surface area contributed by atoms with E-state index in [0.29, 0.717) is 28.7 Å². The molecule has 1 fully saturated rings. The van der Waals surface area contributed by atoms with Crippen LogP contribution in [0.4, 0.5) is 10.1 Å². The molecule has 2 aromatic carbocycles. The van der Waals surface area contributed by atoms with Gasteiger partial charge in [-0.2, -0.15) is 0 Å². The minimum atomic E-state index is -0.449. The van der Waals surface area contributed by atoms with Gasteiger partial charge in [0.05, 0.1) is 17.4 Å². The molecule has 6 nitrogen and oxygen atoms in total. The van der Waals surface area contributed by atoms with Crippen LogP contribution in [-0.4, -0.2) is 36.1 Å². The smallest absolute Gasteiger partial charge is 0.272 e. The lowest BCUT2D eigenvalue weighted by atomic mass is 10.1. The number of aromatic amines is 1. The molecule has 4 rings (SSSR count). The van der Waals surface area contributed by atoms with Crippen LogP contribution in [0.5, 0.6) is 0 Å². The molecule has 0 bridgehead atoms. The lowest BCUT2D eigenvalue weighted by Crippen LogP contribution is -2.32. The second kappa shape index (κ2) is 7.82. The highest BCUT2D eigenvalue weighted by atomic mass is 19.1. The summed E-state index contributed by atoms with van der Waals surface area (Å²) < 4.78 is 19.4. The van der Waals surface area contributed by atoms with Crippen molar-refractivity contribution in [1.29, 1.82) is 0 Å². The molecule has 1 aliphatic rings. The Hall–Kier alpha value is -3.19. The standard InChI is InChI=1S/C21H20FN3O3/c22-16-7-3-9-18-15(16)11-19(24-18)21(27)25-17-8-2-1-6-14(17)20(26)23-12-13-5-4-10-28-13/h1-3,6-9,11,13,24H,4-5,10,12H2,(H,23,26)(H,25,27). The summed E-state index contributed by atoms with van der Waals surface area (Å²) in [5.74, 6) is -1.13. The Morgan fingerprint density at radius 1 is 1.14 bits per heavy atom. The van der Waals surface area contributed by atoms with Crippen LogP contribution in [0.15, 0.2) is 48.5 Å². The van der Waals surface area contributed by atoms with Gasteiger partial charge in [0.15, 0.2) is 0 Å². The Morgan fingerprint density at radius 2 is 2.00 bits per heavy atom. The molecule has 1 aromatic heterocycles. The highest BCUT2D eigenvalue weighted by Gasteiger charge is 2.19. The van der Waals surface area contributed by atoms with Gasteiger partial charge >= 0.3 is 0 Å². The fraction of sp³-hybridized carbons (Fsp3) is 0.238. The molecule has 3 N–H and O–H groups in total. The number of para-hydroxylation sites is 1. The highest BCUT2D eigenvalue weighted by Crippen LogP contribution is 2.21.